The number of aromatic nitrogens is 2. The van der Waals surface area contributed by atoms with Crippen LogP contribution in [0.15, 0.2) is 12.4 Å². The molecule has 0 radical (unpaired) electrons. The van der Waals surface area contributed by atoms with E-state index in [1.165, 1.54) is 12.8 Å². The van der Waals surface area contributed by atoms with E-state index in [0.717, 1.165) is 44.7 Å². The summed E-state index contributed by atoms with van der Waals surface area (Å²) < 4.78 is 2.01. The van der Waals surface area contributed by atoms with Crippen LogP contribution in [0.25, 0.3) is 0 Å². The molecule has 0 spiro atoms. The van der Waals surface area contributed by atoms with E-state index < -0.39 is 0 Å². The van der Waals surface area contributed by atoms with Gasteiger partial charge in [-0.05, 0) is 12.8 Å². The van der Waals surface area contributed by atoms with Crippen LogP contribution in [-0.4, -0.2) is 46.5 Å². The summed E-state index contributed by atoms with van der Waals surface area (Å²) in [7, 11) is 1.99. The molecular weight excluding hydrogens is 240 g/mol. The number of aryl methyl sites for hydroxylation is 1. The van der Waals surface area contributed by atoms with Crippen LogP contribution < -0.4 is 5.32 Å². The zero-order valence-corrected chi connectivity index (χ0v) is 11.8. The maximum Gasteiger partial charge on any atom is 0.236 e. The number of nitrogens with zero attached hydrogens (tertiary/aromatic N) is 3. The molecule has 0 saturated carbocycles. The Morgan fingerprint density at radius 3 is 2.68 bits per heavy atom. The van der Waals surface area contributed by atoms with E-state index >= 15 is 0 Å². The van der Waals surface area contributed by atoms with Crippen LogP contribution in [0.4, 0.5) is 0 Å². The lowest BCUT2D eigenvalue weighted by molar-refractivity contribution is -0.130. The molecule has 1 saturated heterocycles. The Bertz CT molecular complexity index is 394. The molecule has 0 bridgehead atoms. The summed E-state index contributed by atoms with van der Waals surface area (Å²) in [5, 5.41) is 3.22. The first-order valence-corrected chi connectivity index (χ1v) is 7.22. The Kier molecular flexibility index (Phi) is 5.39. The first kappa shape index (κ1) is 14.1. The number of amides is 1. The molecule has 5 nitrogen and oxygen atoms in total. The second-order valence-corrected chi connectivity index (χ2v) is 5.18. The number of rotatable bonds is 5. The lowest BCUT2D eigenvalue weighted by Crippen LogP contribution is -2.39. The van der Waals surface area contributed by atoms with Crippen molar-refractivity contribution >= 4 is 5.91 Å². The molecule has 1 N–H and O–H groups in total. The van der Waals surface area contributed by atoms with Gasteiger partial charge in [-0.1, -0.05) is 12.8 Å². The summed E-state index contributed by atoms with van der Waals surface area (Å²) >= 11 is 0. The van der Waals surface area contributed by atoms with Crippen molar-refractivity contribution in [3.63, 3.8) is 0 Å². The second kappa shape index (κ2) is 7.28. The van der Waals surface area contributed by atoms with Crippen LogP contribution in [0.3, 0.4) is 0 Å². The summed E-state index contributed by atoms with van der Waals surface area (Å²) in [6, 6.07) is 0. The molecule has 1 aliphatic rings. The van der Waals surface area contributed by atoms with Gasteiger partial charge in [-0.3, -0.25) is 4.79 Å². The summed E-state index contributed by atoms with van der Waals surface area (Å²) in [4.78, 5) is 18.3. The Morgan fingerprint density at radius 1 is 1.32 bits per heavy atom. The van der Waals surface area contributed by atoms with Crippen LogP contribution in [0.1, 0.15) is 31.5 Å². The average Bonchev–Trinajstić information content (AvgIpc) is 2.68. The minimum Gasteiger partial charge on any atom is -0.342 e. The van der Waals surface area contributed by atoms with Gasteiger partial charge in [0.2, 0.25) is 5.91 Å². The van der Waals surface area contributed by atoms with Crippen molar-refractivity contribution in [1.29, 1.82) is 0 Å². The van der Waals surface area contributed by atoms with Crippen molar-refractivity contribution in [3.8, 4) is 0 Å². The van der Waals surface area contributed by atoms with Crippen LogP contribution in [0, 0.1) is 0 Å². The fourth-order valence-electron chi connectivity index (χ4n) is 2.46. The fraction of sp³-hybridized carbons (Fsp3) is 0.714. The minimum absolute atomic E-state index is 0.238. The predicted molar refractivity (Wildman–Crippen MR) is 74.8 cm³/mol. The van der Waals surface area contributed by atoms with Crippen molar-refractivity contribution in [2.45, 2.75) is 32.1 Å². The molecule has 1 aromatic heterocycles. The van der Waals surface area contributed by atoms with Crippen LogP contribution >= 0.6 is 0 Å². The van der Waals surface area contributed by atoms with Gasteiger partial charge in [-0.25, -0.2) is 4.98 Å². The van der Waals surface area contributed by atoms with Gasteiger partial charge in [-0.2, -0.15) is 0 Å². The third-order valence-electron chi connectivity index (χ3n) is 3.68. The molecule has 2 rings (SSSR count). The molecule has 1 aliphatic heterocycles. The van der Waals surface area contributed by atoms with Crippen molar-refractivity contribution in [2.24, 2.45) is 7.05 Å². The Balaban J connectivity index is 1.64. The largest absolute Gasteiger partial charge is 0.342 e. The summed E-state index contributed by atoms with van der Waals surface area (Å²) in [5.41, 5.74) is 0. The monoisotopic (exact) mass is 264 g/mol. The van der Waals surface area contributed by atoms with Crippen LogP contribution in [0.2, 0.25) is 0 Å². The van der Waals surface area contributed by atoms with Gasteiger partial charge in [0.1, 0.15) is 5.82 Å². The van der Waals surface area contributed by atoms with Crippen LogP contribution in [0.5, 0.6) is 0 Å². The summed E-state index contributed by atoms with van der Waals surface area (Å²) in [6.45, 7) is 3.11. The highest BCUT2D eigenvalue weighted by molar-refractivity contribution is 5.78. The molecule has 1 amide bonds. The fourth-order valence-corrected chi connectivity index (χ4v) is 2.46. The summed E-state index contributed by atoms with van der Waals surface area (Å²) in [5.74, 6) is 1.29. The first-order valence-electron chi connectivity index (χ1n) is 7.22. The SMILES string of the molecule is Cn1ccnc1CCNCC(=O)N1CCCCCC1. The zero-order chi connectivity index (χ0) is 13.5. The smallest absolute Gasteiger partial charge is 0.236 e. The van der Waals surface area contributed by atoms with Gasteiger partial charge in [0.15, 0.2) is 0 Å². The number of likely N-dealkylation sites (tertiary alicyclic amines) is 1. The van der Waals surface area contributed by atoms with Crippen molar-refractivity contribution in [3.05, 3.63) is 18.2 Å². The van der Waals surface area contributed by atoms with Gasteiger partial charge < -0.3 is 14.8 Å². The number of imidazole rings is 1. The van der Waals surface area contributed by atoms with E-state index in [1.54, 1.807) is 6.20 Å². The minimum atomic E-state index is 0.238. The molecule has 106 valence electrons. The number of hydrogen-bond donors (Lipinski definition) is 1. The summed E-state index contributed by atoms with van der Waals surface area (Å²) in [6.07, 6.45) is 9.43. The molecule has 0 aliphatic carbocycles. The zero-order valence-electron chi connectivity index (χ0n) is 11.8. The van der Waals surface area contributed by atoms with Crippen molar-refractivity contribution in [1.82, 2.24) is 19.8 Å². The molecule has 2 heterocycles. The lowest BCUT2D eigenvalue weighted by Gasteiger charge is -2.20. The number of nitrogens with one attached hydrogen (secondary N) is 1. The Morgan fingerprint density at radius 2 is 2.05 bits per heavy atom. The van der Waals surface area contributed by atoms with E-state index in [0.29, 0.717) is 6.54 Å². The van der Waals surface area contributed by atoms with Gasteiger partial charge in [0, 0.05) is 45.5 Å². The predicted octanol–water partition coefficient (Wildman–Crippen LogP) is 0.955. The van der Waals surface area contributed by atoms with E-state index in [4.69, 9.17) is 0 Å². The molecule has 19 heavy (non-hydrogen) atoms. The number of hydrogen-bond acceptors (Lipinski definition) is 3. The standard InChI is InChI=1S/C14H24N4O/c1-17-11-8-16-13(17)6-7-15-12-14(19)18-9-4-2-3-5-10-18/h8,11,15H,2-7,9-10,12H2,1H3. The molecule has 0 atom stereocenters. The quantitative estimate of drug-likeness (QED) is 0.806. The van der Waals surface area contributed by atoms with Crippen molar-refractivity contribution in [2.75, 3.05) is 26.2 Å². The highest BCUT2D eigenvalue weighted by Crippen LogP contribution is 2.09. The van der Waals surface area contributed by atoms with Gasteiger partial charge in [0.25, 0.3) is 0 Å². The van der Waals surface area contributed by atoms with Crippen LogP contribution in [-0.2, 0) is 18.3 Å². The maximum absolute atomic E-state index is 12.0. The van der Waals surface area contributed by atoms with E-state index in [2.05, 4.69) is 10.3 Å². The van der Waals surface area contributed by atoms with E-state index in [1.807, 2.05) is 22.7 Å². The van der Waals surface area contributed by atoms with E-state index in [-0.39, 0.29) is 5.91 Å². The second-order valence-electron chi connectivity index (χ2n) is 5.18. The van der Waals surface area contributed by atoms with Crippen molar-refractivity contribution < 1.29 is 4.79 Å². The van der Waals surface area contributed by atoms with E-state index in [9.17, 15) is 4.79 Å². The third-order valence-corrected chi connectivity index (χ3v) is 3.68. The molecule has 1 aromatic rings. The molecule has 5 heteroatoms. The average molecular weight is 264 g/mol. The highest BCUT2D eigenvalue weighted by Gasteiger charge is 2.14. The Hall–Kier alpha value is -1.36. The van der Waals surface area contributed by atoms with Gasteiger partial charge in [0.05, 0.1) is 6.54 Å². The Labute approximate surface area is 115 Å². The number of carbonyl (C=O) groups is 1. The van der Waals surface area contributed by atoms with Gasteiger partial charge >= 0.3 is 0 Å². The number of carbonyl (C=O) groups excluding carboxylic acids is 1. The topological polar surface area (TPSA) is 50.2 Å². The molecule has 0 unspecified atom stereocenters. The third kappa shape index (κ3) is 4.35. The normalized spacial score (nSPS) is 16.4. The molecule has 1 fully saturated rings. The molecule has 0 aromatic carbocycles. The first-order chi connectivity index (χ1) is 9.27. The maximum atomic E-state index is 12.0. The lowest BCUT2D eigenvalue weighted by atomic mass is 10.2. The molecular formula is C14H24N4O. The van der Waals surface area contributed by atoms with Gasteiger partial charge in [-0.15, -0.1) is 0 Å². The highest BCUT2D eigenvalue weighted by atomic mass is 16.2.